The third-order valence-electron chi connectivity index (χ3n) is 0.940. The topological polar surface area (TPSA) is 52.6 Å². The van der Waals surface area contributed by atoms with Gasteiger partial charge in [0.1, 0.15) is 13.2 Å². The summed E-state index contributed by atoms with van der Waals surface area (Å²) in [6.07, 6.45) is 0. The molecule has 0 aromatic carbocycles. The summed E-state index contributed by atoms with van der Waals surface area (Å²) in [5.41, 5.74) is 0. The SMILES string of the molecule is O=C=C1COCC(=C=O)O1. The van der Waals surface area contributed by atoms with E-state index in [1.807, 2.05) is 0 Å². The van der Waals surface area contributed by atoms with Crippen molar-refractivity contribution in [3.8, 4) is 0 Å². The lowest BCUT2D eigenvalue weighted by atomic mass is 10.5. The Hall–Kier alpha value is -1.34. The summed E-state index contributed by atoms with van der Waals surface area (Å²) in [6, 6.07) is 0. The highest BCUT2D eigenvalue weighted by Crippen LogP contribution is 2.08. The zero-order valence-corrected chi connectivity index (χ0v) is 5.05. The maximum Gasteiger partial charge on any atom is 0.213 e. The second kappa shape index (κ2) is 2.99. The van der Waals surface area contributed by atoms with Gasteiger partial charge in [-0.3, -0.25) is 0 Å². The summed E-state index contributed by atoms with van der Waals surface area (Å²) in [7, 11) is 0. The highest BCUT2D eigenvalue weighted by Gasteiger charge is 2.12. The van der Waals surface area contributed by atoms with Gasteiger partial charge in [-0.05, 0) is 0 Å². The van der Waals surface area contributed by atoms with E-state index >= 15 is 0 Å². The van der Waals surface area contributed by atoms with E-state index in [0.717, 1.165) is 0 Å². The highest BCUT2D eigenvalue weighted by atomic mass is 16.6. The van der Waals surface area contributed by atoms with E-state index in [1.165, 1.54) is 11.9 Å². The van der Waals surface area contributed by atoms with Crippen molar-refractivity contribution >= 4 is 11.9 Å². The van der Waals surface area contributed by atoms with Crippen LogP contribution in [-0.2, 0) is 19.1 Å². The van der Waals surface area contributed by atoms with Gasteiger partial charge in [0.05, 0.1) is 0 Å². The lowest BCUT2D eigenvalue weighted by Gasteiger charge is -2.12. The molecular weight excluding hydrogens is 136 g/mol. The molecule has 0 unspecified atom stereocenters. The Balaban J connectivity index is 2.74. The number of ether oxygens (including phenoxy) is 2. The average molecular weight is 140 g/mol. The standard InChI is InChI=1S/C6H4O4/c7-1-5-3-9-4-6(2-8)10-5/h3-4H2. The smallest absolute Gasteiger partial charge is 0.213 e. The average Bonchev–Trinajstić information content (AvgIpc) is 2.05. The summed E-state index contributed by atoms with van der Waals surface area (Å²) >= 11 is 0. The van der Waals surface area contributed by atoms with E-state index < -0.39 is 0 Å². The molecule has 0 N–H and O–H groups in total. The molecule has 1 aliphatic heterocycles. The van der Waals surface area contributed by atoms with Crippen molar-refractivity contribution in [1.29, 1.82) is 0 Å². The van der Waals surface area contributed by atoms with Gasteiger partial charge in [0.2, 0.25) is 11.5 Å². The van der Waals surface area contributed by atoms with Crippen molar-refractivity contribution in [3.63, 3.8) is 0 Å². The van der Waals surface area contributed by atoms with Gasteiger partial charge in [0, 0.05) is 0 Å². The molecule has 0 spiro atoms. The molecule has 10 heavy (non-hydrogen) atoms. The van der Waals surface area contributed by atoms with Crippen LogP contribution in [-0.4, -0.2) is 25.1 Å². The van der Waals surface area contributed by atoms with Crippen molar-refractivity contribution in [3.05, 3.63) is 11.5 Å². The van der Waals surface area contributed by atoms with Crippen molar-refractivity contribution < 1.29 is 19.1 Å². The van der Waals surface area contributed by atoms with Gasteiger partial charge < -0.3 is 9.47 Å². The number of rotatable bonds is 0. The minimum atomic E-state index is -0.00963. The van der Waals surface area contributed by atoms with E-state index in [1.54, 1.807) is 0 Å². The minimum Gasteiger partial charge on any atom is -0.438 e. The summed E-state index contributed by atoms with van der Waals surface area (Å²) in [4.78, 5) is 19.8. The molecular formula is C6H4O4. The predicted molar refractivity (Wildman–Crippen MR) is 30.3 cm³/mol. The second-order valence-electron chi connectivity index (χ2n) is 1.65. The molecule has 0 atom stereocenters. The van der Waals surface area contributed by atoms with Gasteiger partial charge >= 0.3 is 0 Å². The first-order chi connectivity index (χ1) is 4.86. The van der Waals surface area contributed by atoms with Gasteiger partial charge in [-0.1, -0.05) is 0 Å². The van der Waals surface area contributed by atoms with E-state index in [2.05, 4.69) is 4.74 Å². The van der Waals surface area contributed by atoms with Crippen LogP contribution in [0.15, 0.2) is 11.5 Å². The molecule has 4 heteroatoms. The minimum absolute atomic E-state index is 0.00963. The van der Waals surface area contributed by atoms with Crippen LogP contribution in [0.4, 0.5) is 0 Å². The molecule has 0 radical (unpaired) electrons. The molecule has 0 saturated carbocycles. The molecule has 0 bridgehead atoms. The van der Waals surface area contributed by atoms with Gasteiger partial charge in [0.15, 0.2) is 11.9 Å². The third kappa shape index (κ3) is 1.33. The van der Waals surface area contributed by atoms with Crippen molar-refractivity contribution in [1.82, 2.24) is 0 Å². The Morgan fingerprint density at radius 2 is 1.60 bits per heavy atom. The zero-order chi connectivity index (χ0) is 7.40. The fourth-order valence-corrected chi connectivity index (χ4v) is 0.545. The molecule has 0 aromatic rings. The maximum atomic E-state index is 9.91. The largest absolute Gasteiger partial charge is 0.438 e. The van der Waals surface area contributed by atoms with Crippen LogP contribution >= 0.6 is 0 Å². The van der Waals surface area contributed by atoms with Gasteiger partial charge in [0.25, 0.3) is 0 Å². The summed E-state index contributed by atoms with van der Waals surface area (Å²) in [5.74, 6) is 2.96. The first kappa shape index (κ1) is 6.78. The van der Waals surface area contributed by atoms with E-state index in [4.69, 9.17) is 4.74 Å². The first-order valence-electron chi connectivity index (χ1n) is 2.60. The Kier molecular flexibility index (Phi) is 2.03. The third-order valence-corrected chi connectivity index (χ3v) is 0.940. The zero-order valence-electron chi connectivity index (χ0n) is 5.05. The monoisotopic (exact) mass is 140 g/mol. The van der Waals surface area contributed by atoms with Crippen LogP contribution < -0.4 is 0 Å². The molecule has 1 rings (SSSR count). The number of hydrogen-bond donors (Lipinski definition) is 0. The Labute approximate surface area is 56.7 Å². The molecule has 1 heterocycles. The molecule has 0 aliphatic carbocycles. The number of hydrogen-bond acceptors (Lipinski definition) is 4. The Morgan fingerprint density at radius 1 is 1.10 bits per heavy atom. The fourth-order valence-electron chi connectivity index (χ4n) is 0.545. The van der Waals surface area contributed by atoms with E-state index in [9.17, 15) is 9.59 Å². The van der Waals surface area contributed by atoms with Crippen LogP contribution in [0.2, 0.25) is 0 Å². The lowest BCUT2D eigenvalue weighted by Crippen LogP contribution is -2.14. The van der Waals surface area contributed by atoms with Crippen LogP contribution in [0.5, 0.6) is 0 Å². The Morgan fingerprint density at radius 3 is 2.00 bits per heavy atom. The summed E-state index contributed by atoms with van der Waals surface area (Å²) in [5, 5.41) is 0. The maximum absolute atomic E-state index is 9.91. The van der Waals surface area contributed by atoms with Gasteiger partial charge in [-0.2, -0.15) is 0 Å². The fraction of sp³-hybridized carbons (Fsp3) is 0.333. The lowest BCUT2D eigenvalue weighted by molar-refractivity contribution is 0.0647. The number of carbonyl (C=O) groups excluding carboxylic acids is 2. The van der Waals surface area contributed by atoms with Crippen molar-refractivity contribution in [2.75, 3.05) is 13.2 Å². The summed E-state index contributed by atoms with van der Waals surface area (Å²) in [6.45, 7) is 0.156. The van der Waals surface area contributed by atoms with E-state index in [0.29, 0.717) is 0 Å². The predicted octanol–water partition coefficient (Wildman–Crippen LogP) is -0.536. The molecule has 52 valence electrons. The molecule has 0 aromatic heterocycles. The van der Waals surface area contributed by atoms with Crippen LogP contribution in [0.1, 0.15) is 0 Å². The molecule has 0 amide bonds. The summed E-state index contributed by atoms with van der Waals surface area (Å²) < 4.78 is 9.40. The van der Waals surface area contributed by atoms with Crippen molar-refractivity contribution in [2.24, 2.45) is 0 Å². The van der Waals surface area contributed by atoms with Crippen LogP contribution in [0.3, 0.4) is 0 Å². The molecule has 4 nitrogen and oxygen atoms in total. The normalized spacial score (nSPS) is 17.2. The van der Waals surface area contributed by atoms with E-state index in [-0.39, 0.29) is 24.7 Å². The quantitative estimate of drug-likeness (QED) is 0.424. The van der Waals surface area contributed by atoms with Crippen LogP contribution in [0, 0.1) is 0 Å². The van der Waals surface area contributed by atoms with Crippen molar-refractivity contribution in [2.45, 2.75) is 0 Å². The molecule has 1 saturated heterocycles. The van der Waals surface area contributed by atoms with Gasteiger partial charge in [-0.25, -0.2) is 9.59 Å². The first-order valence-corrected chi connectivity index (χ1v) is 2.60. The highest BCUT2D eigenvalue weighted by molar-refractivity contribution is 5.55. The second-order valence-corrected chi connectivity index (χ2v) is 1.65. The molecule has 1 aliphatic rings. The van der Waals surface area contributed by atoms with Crippen LogP contribution in [0.25, 0.3) is 0 Å². The Bertz CT molecular complexity index is 206. The molecule has 1 fully saturated rings. The van der Waals surface area contributed by atoms with Gasteiger partial charge in [-0.15, -0.1) is 0 Å².